The smallest absolute Gasteiger partial charge is 0.288 e. The predicted molar refractivity (Wildman–Crippen MR) is 119 cm³/mol. The number of nitro groups is 1. The Balaban J connectivity index is 1.54. The number of carbonyl (C=O) groups excluding carboxylic acids is 1. The number of hydrogen-bond acceptors (Lipinski definition) is 7. The van der Waals surface area contributed by atoms with E-state index in [9.17, 15) is 14.9 Å². The summed E-state index contributed by atoms with van der Waals surface area (Å²) in [7, 11) is 0. The molecule has 31 heavy (non-hydrogen) atoms. The quantitative estimate of drug-likeness (QED) is 0.266. The van der Waals surface area contributed by atoms with Crippen LogP contribution < -0.4 is 5.32 Å². The Morgan fingerprint density at radius 3 is 2.77 bits per heavy atom. The fourth-order valence-corrected chi connectivity index (χ4v) is 3.91. The third-order valence-electron chi connectivity index (χ3n) is 4.48. The normalized spacial score (nSPS) is 11.3. The van der Waals surface area contributed by atoms with E-state index in [2.05, 4.69) is 20.6 Å². The molecule has 1 amide bonds. The van der Waals surface area contributed by atoms with Crippen molar-refractivity contribution >= 4 is 51.3 Å². The highest BCUT2D eigenvalue weighted by Crippen LogP contribution is 2.29. The fourth-order valence-electron chi connectivity index (χ4n) is 2.84. The van der Waals surface area contributed by atoms with E-state index in [1.807, 2.05) is 32.0 Å². The van der Waals surface area contributed by atoms with Crippen LogP contribution in [0.4, 0.5) is 11.4 Å². The molecule has 0 aliphatic heterocycles. The summed E-state index contributed by atoms with van der Waals surface area (Å²) in [6.07, 6.45) is 2.80. The molecule has 0 bridgehead atoms. The van der Waals surface area contributed by atoms with Crippen LogP contribution in [0.1, 0.15) is 17.0 Å². The number of hydrogen-bond donors (Lipinski definition) is 1. The summed E-state index contributed by atoms with van der Waals surface area (Å²) < 4.78 is 1.67. The maximum Gasteiger partial charge on any atom is 0.288 e. The van der Waals surface area contributed by atoms with Crippen molar-refractivity contribution in [3.63, 3.8) is 0 Å². The number of nitrogens with one attached hydrogen (secondary N) is 1. The summed E-state index contributed by atoms with van der Waals surface area (Å²) in [4.78, 5) is 23.6. The van der Waals surface area contributed by atoms with Gasteiger partial charge in [0.25, 0.3) is 5.69 Å². The van der Waals surface area contributed by atoms with Crippen LogP contribution in [0, 0.1) is 24.0 Å². The second kappa shape index (κ2) is 8.25. The Morgan fingerprint density at radius 1 is 1.23 bits per heavy atom. The van der Waals surface area contributed by atoms with E-state index in [-0.39, 0.29) is 16.6 Å². The van der Waals surface area contributed by atoms with Crippen LogP contribution in [0.3, 0.4) is 0 Å². The number of nitro benzene ring substituents is 1. The first-order valence-corrected chi connectivity index (χ1v) is 10.2. The number of carbonyl (C=O) groups is 1. The number of halogens is 1. The van der Waals surface area contributed by atoms with E-state index in [1.165, 1.54) is 35.6 Å². The van der Waals surface area contributed by atoms with E-state index in [0.29, 0.717) is 22.0 Å². The Kier molecular flexibility index (Phi) is 5.49. The maximum atomic E-state index is 12.4. The summed E-state index contributed by atoms with van der Waals surface area (Å²) in [5, 5.41) is 27.2. The first-order valence-electron chi connectivity index (χ1n) is 9.04. The molecule has 0 unspecified atom stereocenters. The van der Waals surface area contributed by atoms with Gasteiger partial charge in [0.2, 0.25) is 10.9 Å². The molecule has 0 spiro atoms. The van der Waals surface area contributed by atoms with Crippen LogP contribution in [-0.2, 0) is 4.79 Å². The second-order valence-electron chi connectivity index (χ2n) is 6.67. The largest absolute Gasteiger partial charge is 0.322 e. The van der Waals surface area contributed by atoms with Crippen molar-refractivity contribution in [2.24, 2.45) is 0 Å². The van der Waals surface area contributed by atoms with Gasteiger partial charge in [-0.05, 0) is 43.2 Å². The molecule has 4 rings (SSSR count). The summed E-state index contributed by atoms with van der Waals surface area (Å²) in [5.41, 5.74) is 2.64. The zero-order chi connectivity index (χ0) is 22.1. The van der Waals surface area contributed by atoms with Crippen molar-refractivity contribution < 1.29 is 9.72 Å². The van der Waals surface area contributed by atoms with Crippen molar-refractivity contribution in [1.82, 2.24) is 19.8 Å². The van der Waals surface area contributed by atoms with Crippen LogP contribution in [0.2, 0.25) is 5.02 Å². The number of benzene rings is 2. The lowest BCUT2D eigenvalue weighted by atomic mass is 10.1. The van der Waals surface area contributed by atoms with Crippen molar-refractivity contribution in [3.05, 3.63) is 74.6 Å². The molecule has 9 nitrogen and oxygen atoms in total. The lowest BCUT2D eigenvalue weighted by Crippen LogP contribution is -2.09. The molecule has 0 aliphatic carbocycles. The SMILES string of the molecule is Cc1ccc(-c2nn3c(C)nnc3s2)cc1NC(=O)/C=C/c1ccc(Cl)c([N+](=O)[O-])c1. The molecule has 0 atom stereocenters. The van der Waals surface area contributed by atoms with Gasteiger partial charge in [-0.15, -0.1) is 10.2 Å². The molecular weight excluding hydrogens is 440 g/mol. The molecule has 0 radical (unpaired) electrons. The van der Waals surface area contributed by atoms with Crippen LogP contribution in [-0.4, -0.2) is 30.6 Å². The van der Waals surface area contributed by atoms with Gasteiger partial charge in [0.1, 0.15) is 10.0 Å². The zero-order valence-corrected chi connectivity index (χ0v) is 17.9. The van der Waals surface area contributed by atoms with Gasteiger partial charge in [0, 0.05) is 23.4 Å². The lowest BCUT2D eigenvalue weighted by Gasteiger charge is -2.08. The number of rotatable bonds is 5. The Morgan fingerprint density at radius 2 is 2.03 bits per heavy atom. The first-order chi connectivity index (χ1) is 14.8. The number of nitrogens with zero attached hydrogens (tertiary/aromatic N) is 5. The minimum absolute atomic E-state index is 0.0413. The number of fused-ring (bicyclic) bond motifs is 1. The Bertz CT molecular complexity index is 1360. The zero-order valence-electron chi connectivity index (χ0n) is 16.4. The molecule has 2 aromatic heterocycles. The average Bonchev–Trinajstić information content (AvgIpc) is 3.31. The Labute approximate surface area is 185 Å². The molecule has 11 heteroatoms. The van der Waals surface area contributed by atoms with Gasteiger partial charge >= 0.3 is 0 Å². The van der Waals surface area contributed by atoms with Gasteiger partial charge in [-0.1, -0.05) is 41.1 Å². The third kappa shape index (κ3) is 4.30. The minimum atomic E-state index is -0.567. The topological polar surface area (TPSA) is 115 Å². The molecule has 4 aromatic rings. The van der Waals surface area contributed by atoms with Crippen LogP contribution in [0.25, 0.3) is 21.6 Å². The summed E-state index contributed by atoms with van der Waals surface area (Å²) >= 11 is 7.22. The van der Waals surface area contributed by atoms with Gasteiger partial charge in [0.05, 0.1) is 4.92 Å². The highest BCUT2D eigenvalue weighted by molar-refractivity contribution is 7.19. The van der Waals surface area contributed by atoms with E-state index in [0.717, 1.165) is 16.1 Å². The molecule has 0 saturated carbocycles. The van der Waals surface area contributed by atoms with Crippen LogP contribution in [0.5, 0.6) is 0 Å². The van der Waals surface area contributed by atoms with Crippen LogP contribution >= 0.6 is 22.9 Å². The molecule has 2 heterocycles. The monoisotopic (exact) mass is 454 g/mol. The van der Waals surface area contributed by atoms with Crippen molar-refractivity contribution in [3.8, 4) is 10.6 Å². The van der Waals surface area contributed by atoms with E-state index in [1.54, 1.807) is 10.6 Å². The van der Waals surface area contributed by atoms with Gasteiger partial charge in [0.15, 0.2) is 5.82 Å². The van der Waals surface area contributed by atoms with E-state index < -0.39 is 4.92 Å². The fraction of sp³-hybridized carbons (Fsp3) is 0.100. The van der Waals surface area contributed by atoms with Gasteiger partial charge in [-0.2, -0.15) is 9.61 Å². The predicted octanol–water partition coefficient (Wildman–Crippen LogP) is 4.68. The molecule has 0 saturated heterocycles. The van der Waals surface area contributed by atoms with Crippen molar-refractivity contribution in [2.75, 3.05) is 5.32 Å². The standard InChI is InChI=1S/C20H15ClN6O3S/c1-11-3-6-14(19-25-26-12(2)23-24-20(26)31-19)10-16(11)22-18(28)8-5-13-4-7-15(21)17(9-13)27(29)30/h3-10H,1-2H3,(H,22,28)/b8-5+. The second-order valence-corrected chi connectivity index (χ2v) is 8.03. The highest BCUT2D eigenvalue weighted by atomic mass is 35.5. The first kappa shape index (κ1) is 20.6. The minimum Gasteiger partial charge on any atom is -0.322 e. The number of anilines is 1. The summed E-state index contributed by atoms with van der Waals surface area (Å²) in [6.45, 7) is 3.71. The van der Waals surface area contributed by atoms with Gasteiger partial charge in [-0.25, -0.2) is 0 Å². The molecule has 156 valence electrons. The third-order valence-corrected chi connectivity index (χ3v) is 5.75. The summed E-state index contributed by atoms with van der Waals surface area (Å²) in [5.74, 6) is 0.331. The number of aromatic nitrogens is 4. The number of amides is 1. The maximum absolute atomic E-state index is 12.4. The summed E-state index contributed by atoms with van der Waals surface area (Å²) in [6, 6.07) is 10.00. The van der Waals surface area contributed by atoms with Gasteiger partial charge in [-0.3, -0.25) is 14.9 Å². The average molecular weight is 455 g/mol. The molecule has 1 N–H and O–H groups in total. The highest BCUT2D eigenvalue weighted by Gasteiger charge is 2.13. The molecular formula is C20H15ClN6O3S. The number of aryl methyl sites for hydroxylation is 2. The van der Waals surface area contributed by atoms with E-state index in [4.69, 9.17) is 11.6 Å². The van der Waals surface area contributed by atoms with E-state index >= 15 is 0 Å². The van der Waals surface area contributed by atoms with Crippen molar-refractivity contribution in [1.29, 1.82) is 0 Å². The van der Waals surface area contributed by atoms with Gasteiger partial charge < -0.3 is 5.32 Å². The van der Waals surface area contributed by atoms with Crippen molar-refractivity contribution in [2.45, 2.75) is 13.8 Å². The molecule has 0 fully saturated rings. The van der Waals surface area contributed by atoms with Crippen LogP contribution in [0.15, 0.2) is 42.5 Å². The molecule has 2 aromatic carbocycles. The molecule has 0 aliphatic rings. The Hall–Kier alpha value is -3.63. The lowest BCUT2D eigenvalue weighted by molar-refractivity contribution is -0.384.